The molecule has 0 fully saturated rings. The molecule has 0 amide bonds. The molecule has 0 aromatic carbocycles. The lowest BCUT2D eigenvalue weighted by Crippen LogP contribution is -1.89. The largest absolute Gasteiger partial charge is 0.0894 e. The van der Waals surface area contributed by atoms with Gasteiger partial charge >= 0.3 is 0 Å². The van der Waals surface area contributed by atoms with Gasteiger partial charge in [-0.25, -0.2) is 0 Å². The first kappa shape index (κ1) is 34.5. The summed E-state index contributed by atoms with van der Waals surface area (Å²) in [6.07, 6.45) is 44.2. The Morgan fingerprint density at radius 1 is 0.324 bits per heavy atom. The molecule has 0 bridgehead atoms. The molecule has 0 heterocycles. The quantitative estimate of drug-likeness (QED) is 0.0624. The highest BCUT2D eigenvalue weighted by Gasteiger charge is 1.98. The Labute approximate surface area is 226 Å². The topological polar surface area (TPSA) is 0 Å². The summed E-state index contributed by atoms with van der Waals surface area (Å²) in [5, 5.41) is 0. The second-order valence-electron chi connectivity index (χ2n) is 11.5. The van der Waals surface area contributed by atoms with Gasteiger partial charge in [0.1, 0.15) is 0 Å². The standard InChI is InChI=1S/C33H67Br/c1-3-4-5-6-7-8-9-10-11-12-13-14-15-16-17-18-19-20-21-22-23-24-25-26-27-28-29-30-31-32-33(2)34/h33H,3-32H2,1-2H3. The van der Waals surface area contributed by atoms with E-state index in [1.54, 1.807) is 0 Å². The Balaban J connectivity index is 3.00. The third-order valence-corrected chi connectivity index (χ3v) is 8.16. The normalized spacial score (nSPS) is 12.4. The van der Waals surface area contributed by atoms with Crippen molar-refractivity contribution in [3.05, 3.63) is 0 Å². The van der Waals surface area contributed by atoms with E-state index in [2.05, 4.69) is 29.8 Å². The van der Waals surface area contributed by atoms with Gasteiger partial charge in [0, 0.05) is 4.83 Å². The zero-order valence-electron chi connectivity index (χ0n) is 24.2. The first-order valence-corrected chi connectivity index (χ1v) is 17.3. The highest BCUT2D eigenvalue weighted by molar-refractivity contribution is 9.09. The van der Waals surface area contributed by atoms with Crippen LogP contribution in [0.2, 0.25) is 0 Å². The minimum Gasteiger partial charge on any atom is -0.0894 e. The number of unbranched alkanes of at least 4 members (excludes halogenated alkanes) is 28. The third-order valence-electron chi connectivity index (χ3n) is 7.71. The molecule has 0 aromatic rings. The number of hydrogen-bond donors (Lipinski definition) is 0. The van der Waals surface area contributed by atoms with Gasteiger partial charge in [-0.2, -0.15) is 0 Å². The molecule has 0 saturated heterocycles. The molecule has 1 atom stereocenters. The van der Waals surface area contributed by atoms with Crippen LogP contribution in [0.3, 0.4) is 0 Å². The average Bonchev–Trinajstić information content (AvgIpc) is 2.83. The molecule has 1 heteroatoms. The first-order valence-electron chi connectivity index (χ1n) is 16.4. The Kier molecular flexibility index (Phi) is 32.0. The SMILES string of the molecule is CCCCCCCCCCCCCCCCCCCCCCCCCCCCCCCC(C)Br. The van der Waals surface area contributed by atoms with Crippen LogP contribution in [0.15, 0.2) is 0 Å². The van der Waals surface area contributed by atoms with Gasteiger partial charge in [0.05, 0.1) is 0 Å². The van der Waals surface area contributed by atoms with E-state index in [9.17, 15) is 0 Å². The van der Waals surface area contributed by atoms with Crippen LogP contribution in [0.4, 0.5) is 0 Å². The Morgan fingerprint density at radius 2 is 0.500 bits per heavy atom. The minimum absolute atomic E-state index is 0.710. The van der Waals surface area contributed by atoms with Crippen molar-refractivity contribution in [2.45, 2.75) is 211 Å². The van der Waals surface area contributed by atoms with Gasteiger partial charge in [0.15, 0.2) is 0 Å². The van der Waals surface area contributed by atoms with Crippen molar-refractivity contribution in [1.82, 2.24) is 0 Å². The molecule has 0 nitrogen and oxygen atoms in total. The Bertz CT molecular complexity index is 337. The summed E-state index contributed by atoms with van der Waals surface area (Å²) in [6, 6.07) is 0. The Hall–Kier alpha value is 0.480. The lowest BCUT2D eigenvalue weighted by molar-refractivity contribution is 0.513. The lowest BCUT2D eigenvalue weighted by Gasteiger charge is -2.05. The van der Waals surface area contributed by atoms with Crippen LogP contribution in [-0.2, 0) is 0 Å². The second-order valence-corrected chi connectivity index (χ2v) is 13.0. The van der Waals surface area contributed by atoms with Crippen LogP contribution in [0.5, 0.6) is 0 Å². The van der Waals surface area contributed by atoms with E-state index in [4.69, 9.17) is 0 Å². The van der Waals surface area contributed by atoms with E-state index in [0.717, 1.165) is 0 Å². The smallest absolute Gasteiger partial charge is 0.0117 e. The van der Waals surface area contributed by atoms with Crippen molar-refractivity contribution in [2.24, 2.45) is 0 Å². The molecule has 0 spiro atoms. The van der Waals surface area contributed by atoms with E-state index in [1.807, 2.05) is 0 Å². The van der Waals surface area contributed by atoms with Gasteiger partial charge in [-0.1, -0.05) is 216 Å². The van der Waals surface area contributed by atoms with Crippen LogP contribution in [0, 0.1) is 0 Å². The van der Waals surface area contributed by atoms with Crippen molar-refractivity contribution in [3.63, 3.8) is 0 Å². The molecule has 0 N–H and O–H groups in total. The zero-order chi connectivity index (χ0) is 24.8. The maximum absolute atomic E-state index is 3.64. The summed E-state index contributed by atoms with van der Waals surface area (Å²) in [6.45, 7) is 4.57. The number of alkyl halides is 1. The Morgan fingerprint density at radius 3 is 0.676 bits per heavy atom. The van der Waals surface area contributed by atoms with Crippen LogP contribution >= 0.6 is 15.9 Å². The maximum Gasteiger partial charge on any atom is 0.0117 e. The van der Waals surface area contributed by atoms with E-state index < -0.39 is 0 Å². The molecule has 0 aliphatic carbocycles. The van der Waals surface area contributed by atoms with Gasteiger partial charge in [-0.05, 0) is 6.42 Å². The molecule has 34 heavy (non-hydrogen) atoms. The summed E-state index contributed by atoms with van der Waals surface area (Å²) in [7, 11) is 0. The van der Waals surface area contributed by atoms with Crippen molar-refractivity contribution >= 4 is 15.9 Å². The predicted molar refractivity (Wildman–Crippen MR) is 163 cm³/mol. The molecule has 1 unspecified atom stereocenters. The van der Waals surface area contributed by atoms with Crippen molar-refractivity contribution < 1.29 is 0 Å². The summed E-state index contributed by atoms with van der Waals surface area (Å²) >= 11 is 3.64. The number of hydrogen-bond acceptors (Lipinski definition) is 0. The molecular weight excluding hydrogens is 476 g/mol. The first-order chi connectivity index (χ1) is 16.8. The predicted octanol–water partition coefficient (Wildman–Crippen LogP) is 13.5. The molecular formula is C33H67Br. The molecule has 0 radical (unpaired) electrons. The summed E-state index contributed by atoms with van der Waals surface area (Å²) in [4.78, 5) is 0.710. The monoisotopic (exact) mass is 542 g/mol. The highest BCUT2D eigenvalue weighted by atomic mass is 79.9. The van der Waals surface area contributed by atoms with Crippen LogP contribution in [-0.4, -0.2) is 4.83 Å². The van der Waals surface area contributed by atoms with E-state index in [-0.39, 0.29) is 0 Å². The van der Waals surface area contributed by atoms with Crippen molar-refractivity contribution in [1.29, 1.82) is 0 Å². The average molecular weight is 544 g/mol. The van der Waals surface area contributed by atoms with Crippen LogP contribution in [0.25, 0.3) is 0 Å². The van der Waals surface area contributed by atoms with Gasteiger partial charge in [0.25, 0.3) is 0 Å². The van der Waals surface area contributed by atoms with Gasteiger partial charge in [-0.15, -0.1) is 0 Å². The van der Waals surface area contributed by atoms with Crippen molar-refractivity contribution in [3.8, 4) is 0 Å². The van der Waals surface area contributed by atoms with Crippen LogP contribution < -0.4 is 0 Å². The molecule has 0 rings (SSSR count). The van der Waals surface area contributed by atoms with E-state index in [0.29, 0.717) is 4.83 Å². The van der Waals surface area contributed by atoms with E-state index in [1.165, 1.54) is 193 Å². The lowest BCUT2D eigenvalue weighted by atomic mass is 10.0. The molecule has 0 aliphatic heterocycles. The molecule has 206 valence electrons. The van der Waals surface area contributed by atoms with Crippen molar-refractivity contribution in [2.75, 3.05) is 0 Å². The third kappa shape index (κ3) is 32.5. The fourth-order valence-corrected chi connectivity index (χ4v) is 5.60. The molecule has 0 saturated carbocycles. The highest BCUT2D eigenvalue weighted by Crippen LogP contribution is 2.17. The summed E-state index contributed by atoms with van der Waals surface area (Å²) < 4.78 is 0. The second kappa shape index (κ2) is 31.5. The van der Waals surface area contributed by atoms with E-state index >= 15 is 0 Å². The summed E-state index contributed by atoms with van der Waals surface area (Å²) in [5.74, 6) is 0. The van der Waals surface area contributed by atoms with Gasteiger partial charge in [0.2, 0.25) is 0 Å². The van der Waals surface area contributed by atoms with Crippen LogP contribution in [0.1, 0.15) is 206 Å². The molecule has 0 aliphatic rings. The fourth-order valence-electron chi connectivity index (χ4n) is 5.27. The molecule has 0 aromatic heterocycles. The van der Waals surface area contributed by atoms with Gasteiger partial charge in [-0.3, -0.25) is 0 Å². The fraction of sp³-hybridized carbons (Fsp3) is 1.00. The number of halogens is 1. The number of rotatable bonds is 30. The summed E-state index contributed by atoms with van der Waals surface area (Å²) in [5.41, 5.74) is 0. The zero-order valence-corrected chi connectivity index (χ0v) is 25.8. The maximum atomic E-state index is 3.64. The minimum atomic E-state index is 0.710. The van der Waals surface area contributed by atoms with Gasteiger partial charge < -0.3 is 0 Å².